The summed E-state index contributed by atoms with van der Waals surface area (Å²) in [6, 6.07) is 0. The topological polar surface area (TPSA) is 78.9 Å². The molecule has 1 atom stereocenters. The highest BCUT2D eigenvalue weighted by Gasteiger charge is 2.21. The summed E-state index contributed by atoms with van der Waals surface area (Å²) in [6.45, 7) is 5.95. The maximum atomic E-state index is 11.7. The van der Waals surface area contributed by atoms with E-state index in [1.807, 2.05) is 20.8 Å². The summed E-state index contributed by atoms with van der Waals surface area (Å²) >= 11 is 0. The zero-order valence-corrected chi connectivity index (χ0v) is 13.9. The summed E-state index contributed by atoms with van der Waals surface area (Å²) in [5.74, 6) is -1.21. The van der Waals surface area contributed by atoms with E-state index in [9.17, 15) is 14.4 Å². The molecule has 0 heterocycles. The standard InChI is InChI=1S/C16H28O6/c1-4-7-10-20-16(19)11-13(22-15(18)9-6-3)12-21-14(17)8-5-2/h13H,4-12H2,1-3H3. The fourth-order valence-corrected chi connectivity index (χ4v) is 1.62. The molecule has 0 fully saturated rings. The monoisotopic (exact) mass is 316 g/mol. The summed E-state index contributed by atoms with van der Waals surface area (Å²) in [6.07, 6.45) is 2.74. The summed E-state index contributed by atoms with van der Waals surface area (Å²) in [5.41, 5.74) is 0. The molecule has 6 heteroatoms. The van der Waals surface area contributed by atoms with E-state index in [4.69, 9.17) is 14.2 Å². The number of hydrogen-bond acceptors (Lipinski definition) is 6. The first-order valence-electron chi connectivity index (χ1n) is 8.04. The Balaban J connectivity index is 4.34. The maximum Gasteiger partial charge on any atom is 0.309 e. The number of carbonyl (C=O) groups excluding carboxylic acids is 3. The van der Waals surface area contributed by atoms with Crippen LogP contribution in [0.2, 0.25) is 0 Å². The van der Waals surface area contributed by atoms with Crippen molar-refractivity contribution in [1.29, 1.82) is 0 Å². The number of rotatable bonds is 12. The second-order valence-electron chi connectivity index (χ2n) is 5.07. The van der Waals surface area contributed by atoms with Gasteiger partial charge in [-0.25, -0.2) is 0 Å². The second-order valence-corrected chi connectivity index (χ2v) is 5.07. The van der Waals surface area contributed by atoms with E-state index in [1.54, 1.807) is 0 Å². The third kappa shape index (κ3) is 11.1. The number of carbonyl (C=O) groups is 3. The fourth-order valence-electron chi connectivity index (χ4n) is 1.62. The summed E-state index contributed by atoms with van der Waals surface area (Å²) in [5, 5.41) is 0. The Morgan fingerprint density at radius 2 is 1.45 bits per heavy atom. The third-order valence-corrected chi connectivity index (χ3v) is 2.79. The van der Waals surface area contributed by atoms with Crippen molar-refractivity contribution in [3.8, 4) is 0 Å². The van der Waals surface area contributed by atoms with Gasteiger partial charge in [-0.3, -0.25) is 14.4 Å². The Morgan fingerprint density at radius 1 is 0.818 bits per heavy atom. The molecule has 0 spiro atoms. The van der Waals surface area contributed by atoms with Crippen molar-refractivity contribution in [3.63, 3.8) is 0 Å². The minimum Gasteiger partial charge on any atom is -0.466 e. The highest BCUT2D eigenvalue weighted by atomic mass is 16.6. The molecule has 6 nitrogen and oxygen atoms in total. The van der Waals surface area contributed by atoms with Crippen molar-refractivity contribution in [2.75, 3.05) is 13.2 Å². The van der Waals surface area contributed by atoms with Gasteiger partial charge in [-0.2, -0.15) is 0 Å². The van der Waals surface area contributed by atoms with E-state index in [0.717, 1.165) is 12.8 Å². The smallest absolute Gasteiger partial charge is 0.309 e. The van der Waals surface area contributed by atoms with Gasteiger partial charge in [0.2, 0.25) is 0 Å². The Kier molecular flexibility index (Phi) is 12.2. The summed E-state index contributed by atoms with van der Waals surface area (Å²) in [7, 11) is 0. The van der Waals surface area contributed by atoms with Crippen LogP contribution in [0.5, 0.6) is 0 Å². The van der Waals surface area contributed by atoms with E-state index < -0.39 is 18.0 Å². The van der Waals surface area contributed by atoms with Crippen molar-refractivity contribution in [3.05, 3.63) is 0 Å². The molecule has 128 valence electrons. The van der Waals surface area contributed by atoms with Crippen LogP contribution in [0.1, 0.15) is 65.7 Å². The minimum absolute atomic E-state index is 0.0986. The van der Waals surface area contributed by atoms with Gasteiger partial charge in [0.05, 0.1) is 13.0 Å². The van der Waals surface area contributed by atoms with Crippen molar-refractivity contribution < 1.29 is 28.6 Å². The SMILES string of the molecule is CCCCOC(=O)CC(COC(=O)CCC)OC(=O)CCC. The van der Waals surface area contributed by atoms with Gasteiger partial charge in [0.1, 0.15) is 12.7 Å². The molecule has 0 saturated carbocycles. The lowest BCUT2D eigenvalue weighted by Crippen LogP contribution is -2.28. The average molecular weight is 316 g/mol. The normalized spacial score (nSPS) is 11.6. The van der Waals surface area contributed by atoms with Crippen LogP contribution in [0.25, 0.3) is 0 Å². The van der Waals surface area contributed by atoms with Gasteiger partial charge in [-0.05, 0) is 19.3 Å². The quantitative estimate of drug-likeness (QED) is 0.313. The van der Waals surface area contributed by atoms with Crippen LogP contribution in [-0.4, -0.2) is 37.2 Å². The molecule has 0 radical (unpaired) electrons. The Bertz CT molecular complexity index is 340. The number of unbranched alkanes of at least 4 members (excludes halogenated alkanes) is 1. The van der Waals surface area contributed by atoms with Crippen molar-refractivity contribution in [1.82, 2.24) is 0 Å². The van der Waals surface area contributed by atoms with Crippen molar-refractivity contribution in [2.45, 2.75) is 71.8 Å². The van der Waals surface area contributed by atoms with Crippen LogP contribution >= 0.6 is 0 Å². The van der Waals surface area contributed by atoms with E-state index in [0.29, 0.717) is 25.9 Å². The van der Waals surface area contributed by atoms with Gasteiger partial charge in [-0.15, -0.1) is 0 Å². The molecule has 0 aliphatic carbocycles. The first-order valence-corrected chi connectivity index (χ1v) is 8.04. The zero-order valence-electron chi connectivity index (χ0n) is 13.9. The van der Waals surface area contributed by atoms with Gasteiger partial charge in [0.25, 0.3) is 0 Å². The van der Waals surface area contributed by atoms with E-state index in [1.165, 1.54) is 0 Å². The lowest BCUT2D eigenvalue weighted by Gasteiger charge is -2.17. The molecule has 0 aromatic heterocycles. The van der Waals surface area contributed by atoms with Crippen LogP contribution in [0, 0.1) is 0 Å². The van der Waals surface area contributed by atoms with Gasteiger partial charge < -0.3 is 14.2 Å². The zero-order chi connectivity index (χ0) is 16.8. The molecule has 0 aliphatic heterocycles. The summed E-state index contributed by atoms with van der Waals surface area (Å²) < 4.78 is 15.2. The lowest BCUT2D eigenvalue weighted by molar-refractivity contribution is -0.164. The van der Waals surface area contributed by atoms with E-state index in [2.05, 4.69) is 0 Å². The highest BCUT2D eigenvalue weighted by molar-refractivity contribution is 5.73. The molecule has 1 unspecified atom stereocenters. The molecule has 22 heavy (non-hydrogen) atoms. The number of ether oxygens (including phenoxy) is 3. The Morgan fingerprint density at radius 3 is 2.05 bits per heavy atom. The molecule has 0 rings (SSSR count). The van der Waals surface area contributed by atoms with E-state index >= 15 is 0 Å². The molecular formula is C16H28O6. The number of hydrogen-bond donors (Lipinski definition) is 0. The fraction of sp³-hybridized carbons (Fsp3) is 0.812. The van der Waals surface area contributed by atoms with Crippen LogP contribution in [-0.2, 0) is 28.6 Å². The largest absolute Gasteiger partial charge is 0.466 e. The average Bonchev–Trinajstić information content (AvgIpc) is 2.45. The summed E-state index contributed by atoms with van der Waals surface area (Å²) in [4.78, 5) is 34.6. The highest BCUT2D eigenvalue weighted by Crippen LogP contribution is 2.07. The van der Waals surface area contributed by atoms with Gasteiger partial charge in [0.15, 0.2) is 0 Å². The van der Waals surface area contributed by atoms with Crippen molar-refractivity contribution in [2.24, 2.45) is 0 Å². The predicted octanol–water partition coefficient (Wildman–Crippen LogP) is 2.78. The van der Waals surface area contributed by atoms with E-state index in [-0.39, 0.29) is 25.4 Å². The molecule has 0 aliphatic rings. The Hall–Kier alpha value is -1.59. The second kappa shape index (κ2) is 13.1. The van der Waals surface area contributed by atoms with Gasteiger partial charge in [0, 0.05) is 12.8 Å². The van der Waals surface area contributed by atoms with Gasteiger partial charge >= 0.3 is 17.9 Å². The van der Waals surface area contributed by atoms with Crippen LogP contribution in [0.15, 0.2) is 0 Å². The minimum atomic E-state index is -0.783. The molecule has 0 aromatic rings. The van der Waals surface area contributed by atoms with Crippen LogP contribution < -0.4 is 0 Å². The van der Waals surface area contributed by atoms with Crippen molar-refractivity contribution >= 4 is 17.9 Å². The molecule has 0 N–H and O–H groups in total. The molecule has 0 bridgehead atoms. The lowest BCUT2D eigenvalue weighted by atomic mass is 10.2. The van der Waals surface area contributed by atoms with Crippen LogP contribution in [0.4, 0.5) is 0 Å². The molecule has 0 amide bonds. The maximum absolute atomic E-state index is 11.7. The third-order valence-electron chi connectivity index (χ3n) is 2.79. The first kappa shape index (κ1) is 20.4. The predicted molar refractivity (Wildman–Crippen MR) is 81.1 cm³/mol. The molecule has 0 saturated heterocycles. The molecule has 0 aromatic carbocycles. The number of esters is 3. The molecular weight excluding hydrogens is 288 g/mol. The van der Waals surface area contributed by atoms with Gasteiger partial charge in [-0.1, -0.05) is 27.2 Å². The van der Waals surface area contributed by atoms with Crippen LogP contribution in [0.3, 0.4) is 0 Å². The first-order chi connectivity index (χ1) is 10.5. The Labute approximate surface area is 132 Å².